The third kappa shape index (κ3) is 4.75. The second kappa shape index (κ2) is 7.83. The lowest BCUT2D eigenvalue weighted by molar-refractivity contribution is 0.172. The molecule has 1 aliphatic rings. The summed E-state index contributed by atoms with van der Waals surface area (Å²) in [6.45, 7) is 3.93. The molecule has 1 aromatic rings. The molecule has 0 radical (unpaired) electrons. The third-order valence-corrected chi connectivity index (χ3v) is 4.34. The summed E-state index contributed by atoms with van der Waals surface area (Å²) in [5, 5.41) is 4.28. The van der Waals surface area contributed by atoms with Gasteiger partial charge in [-0.25, -0.2) is 0 Å². The quantitative estimate of drug-likeness (QED) is 0.799. The van der Waals surface area contributed by atoms with Gasteiger partial charge in [0.05, 0.1) is 12.6 Å². The molecule has 1 aliphatic heterocycles. The Labute approximate surface area is 124 Å². The Morgan fingerprint density at radius 2 is 2.16 bits per heavy atom. The van der Waals surface area contributed by atoms with Crippen LogP contribution in [0.25, 0.3) is 0 Å². The summed E-state index contributed by atoms with van der Waals surface area (Å²) < 4.78 is 5.76. The first-order valence-corrected chi connectivity index (χ1v) is 8.10. The minimum atomic E-state index is 0.297. The number of rotatable bonds is 6. The van der Waals surface area contributed by atoms with Gasteiger partial charge in [0.1, 0.15) is 5.76 Å². The Bertz CT molecular complexity index is 419. The van der Waals surface area contributed by atoms with Crippen molar-refractivity contribution in [1.82, 2.24) is 5.32 Å². The van der Waals surface area contributed by atoms with Crippen molar-refractivity contribution in [1.29, 1.82) is 0 Å². The van der Waals surface area contributed by atoms with Crippen molar-refractivity contribution in [2.75, 3.05) is 18.9 Å². The van der Waals surface area contributed by atoms with Gasteiger partial charge in [0.25, 0.3) is 0 Å². The van der Waals surface area contributed by atoms with Crippen LogP contribution in [0.15, 0.2) is 41.0 Å². The van der Waals surface area contributed by atoms with Crippen LogP contribution < -0.4 is 5.32 Å². The molecule has 0 saturated carbocycles. The number of allylic oxidation sites excluding steroid dienone is 1. The maximum absolute atomic E-state index is 5.90. The van der Waals surface area contributed by atoms with Crippen LogP contribution in [-0.2, 0) is 4.74 Å². The van der Waals surface area contributed by atoms with Crippen molar-refractivity contribution in [3.8, 4) is 0 Å². The molecule has 0 fully saturated rings. The van der Waals surface area contributed by atoms with Gasteiger partial charge in [-0.05, 0) is 49.7 Å². The summed E-state index contributed by atoms with van der Waals surface area (Å²) in [4.78, 5) is 1.24. The predicted octanol–water partition coefficient (Wildman–Crippen LogP) is 4.10. The molecular weight excluding hydrogens is 278 g/mol. The van der Waals surface area contributed by atoms with E-state index in [1.54, 1.807) is 0 Å². The lowest BCUT2D eigenvalue weighted by atomic mass is 10.1. The van der Waals surface area contributed by atoms with Crippen LogP contribution in [0.2, 0.25) is 5.02 Å². The molecule has 1 aromatic carbocycles. The largest absolute Gasteiger partial charge is 0.497 e. The van der Waals surface area contributed by atoms with Gasteiger partial charge in [-0.1, -0.05) is 18.5 Å². The van der Waals surface area contributed by atoms with Crippen molar-refractivity contribution >= 4 is 23.4 Å². The van der Waals surface area contributed by atoms with Gasteiger partial charge in [0, 0.05) is 15.7 Å². The number of nitrogens with one attached hydrogen (secondary N) is 1. The van der Waals surface area contributed by atoms with E-state index in [0.717, 1.165) is 42.5 Å². The van der Waals surface area contributed by atoms with Crippen molar-refractivity contribution in [3.63, 3.8) is 0 Å². The van der Waals surface area contributed by atoms with Crippen molar-refractivity contribution in [2.24, 2.45) is 0 Å². The average molecular weight is 298 g/mol. The molecule has 0 aliphatic carbocycles. The Morgan fingerprint density at radius 1 is 1.37 bits per heavy atom. The lowest BCUT2D eigenvalue weighted by Gasteiger charge is -2.24. The molecule has 0 aromatic heterocycles. The van der Waals surface area contributed by atoms with Crippen LogP contribution in [0, 0.1) is 0 Å². The van der Waals surface area contributed by atoms with Gasteiger partial charge < -0.3 is 10.1 Å². The molecule has 4 heteroatoms. The monoisotopic (exact) mass is 297 g/mol. The average Bonchev–Trinajstić information content (AvgIpc) is 2.46. The van der Waals surface area contributed by atoms with E-state index in [-0.39, 0.29) is 0 Å². The highest BCUT2D eigenvalue weighted by Gasteiger charge is 2.17. The first-order valence-electron chi connectivity index (χ1n) is 6.74. The van der Waals surface area contributed by atoms with Gasteiger partial charge in [0.15, 0.2) is 0 Å². The van der Waals surface area contributed by atoms with Crippen LogP contribution in [0.1, 0.15) is 19.8 Å². The summed E-state index contributed by atoms with van der Waals surface area (Å²) in [6.07, 6.45) is 4.48. The fourth-order valence-corrected chi connectivity index (χ4v) is 3.11. The molecule has 0 spiro atoms. The first kappa shape index (κ1) is 14.8. The summed E-state index contributed by atoms with van der Waals surface area (Å²) in [7, 11) is 0. The molecule has 19 heavy (non-hydrogen) atoms. The van der Waals surface area contributed by atoms with Gasteiger partial charge in [-0.2, -0.15) is 0 Å². The van der Waals surface area contributed by atoms with Crippen LogP contribution >= 0.6 is 23.4 Å². The van der Waals surface area contributed by atoms with Gasteiger partial charge in [-0.15, -0.1) is 11.8 Å². The second-order valence-electron chi connectivity index (χ2n) is 4.47. The molecular formula is C15H20ClNOS. The van der Waals surface area contributed by atoms with Crippen LogP contribution in [-0.4, -0.2) is 24.9 Å². The molecule has 0 amide bonds. The lowest BCUT2D eigenvalue weighted by Crippen LogP contribution is -2.34. The van der Waals surface area contributed by atoms with E-state index in [0.29, 0.717) is 6.04 Å². The first-order chi connectivity index (χ1) is 9.29. The highest BCUT2D eigenvalue weighted by atomic mass is 35.5. The van der Waals surface area contributed by atoms with E-state index in [1.165, 1.54) is 4.90 Å². The maximum atomic E-state index is 5.90. The van der Waals surface area contributed by atoms with Crippen LogP contribution in [0.4, 0.5) is 0 Å². The minimum absolute atomic E-state index is 0.297. The number of likely N-dealkylation sites (N-methyl/N-ethyl adjacent to an activating group) is 1. The molecule has 1 atom stereocenters. The Hall–Kier alpha value is -0.640. The number of hydrogen-bond donors (Lipinski definition) is 1. The SMILES string of the molecule is CCNC(CSc1ccc(Cl)cc1)C1=CCCCO1. The summed E-state index contributed by atoms with van der Waals surface area (Å²) >= 11 is 7.72. The standard InChI is InChI=1S/C15H20ClNOS/c1-2-17-14(15-5-3-4-10-18-15)11-19-13-8-6-12(16)7-9-13/h5-9,14,17H,2-4,10-11H2,1H3. The number of thioether (sulfide) groups is 1. The molecule has 2 rings (SSSR count). The van der Waals surface area contributed by atoms with E-state index in [4.69, 9.17) is 16.3 Å². The van der Waals surface area contributed by atoms with E-state index in [1.807, 2.05) is 23.9 Å². The normalized spacial score (nSPS) is 16.6. The zero-order valence-electron chi connectivity index (χ0n) is 11.2. The van der Waals surface area contributed by atoms with Crippen LogP contribution in [0.3, 0.4) is 0 Å². The van der Waals surface area contributed by atoms with Crippen molar-refractivity contribution in [2.45, 2.75) is 30.7 Å². The van der Waals surface area contributed by atoms with Gasteiger partial charge in [0.2, 0.25) is 0 Å². The molecule has 104 valence electrons. The predicted molar refractivity (Wildman–Crippen MR) is 82.9 cm³/mol. The second-order valence-corrected chi connectivity index (χ2v) is 6.00. The topological polar surface area (TPSA) is 21.3 Å². The van der Waals surface area contributed by atoms with E-state index in [9.17, 15) is 0 Å². The number of benzene rings is 1. The fraction of sp³-hybridized carbons (Fsp3) is 0.467. The molecule has 1 heterocycles. The summed E-state index contributed by atoms with van der Waals surface area (Å²) in [6, 6.07) is 8.29. The van der Waals surface area contributed by atoms with E-state index < -0.39 is 0 Å². The molecule has 1 N–H and O–H groups in total. The Morgan fingerprint density at radius 3 is 2.79 bits per heavy atom. The summed E-state index contributed by atoms with van der Waals surface area (Å²) in [5.41, 5.74) is 0. The van der Waals surface area contributed by atoms with Gasteiger partial charge >= 0.3 is 0 Å². The number of hydrogen-bond acceptors (Lipinski definition) is 3. The van der Waals surface area contributed by atoms with Gasteiger partial charge in [-0.3, -0.25) is 0 Å². The van der Waals surface area contributed by atoms with Crippen LogP contribution in [0.5, 0.6) is 0 Å². The smallest absolute Gasteiger partial charge is 0.110 e. The Balaban J connectivity index is 1.92. The molecule has 0 saturated heterocycles. The molecule has 1 unspecified atom stereocenters. The fourth-order valence-electron chi connectivity index (χ4n) is 2.02. The van der Waals surface area contributed by atoms with Crippen molar-refractivity contribution in [3.05, 3.63) is 41.1 Å². The van der Waals surface area contributed by atoms with E-state index in [2.05, 4.69) is 30.4 Å². The molecule has 0 bridgehead atoms. The Kier molecular flexibility index (Phi) is 6.08. The van der Waals surface area contributed by atoms with Crippen molar-refractivity contribution < 1.29 is 4.74 Å². The number of ether oxygens (including phenoxy) is 1. The highest BCUT2D eigenvalue weighted by molar-refractivity contribution is 7.99. The molecule has 2 nitrogen and oxygen atoms in total. The highest BCUT2D eigenvalue weighted by Crippen LogP contribution is 2.24. The van der Waals surface area contributed by atoms with E-state index >= 15 is 0 Å². The maximum Gasteiger partial charge on any atom is 0.110 e. The zero-order chi connectivity index (χ0) is 13.5. The number of halogens is 1. The minimum Gasteiger partial charge on any atom is -0.497 e. The zero-order valence-corrected chi connectivity index (χ0v) is 12.8. The third-order valence-electron chi connectivity index (χ3n) is 2.99. The summed E-state index contributed by atoms with van der Waals surface area (Å²) in [5.74, 6) is 2.08.